The number of nitrogens with one attached hydrogen (secondary N) is 1. The van der Waals surface area contributed by atoms with E-state index in [1.54, 1.807) is 12.1 Å². The van der Waals surface area contributed by atoms with Crippen LogP contribution >= 0.6 is 0 Å². The van der Waals surface area contributed by atoms with Gasteiger partial charge < -0.3 is 9.47 Å². The minimum absolute atomic E-state index is 0.193. The van der Waals surface area contributed by atoms with Gasteiger partial charge in [-0.2, -0.15) is 13.9 Å². The molecule has 1 fully saturated rings. The third kappa shape index (κ3) is 3.39. The number of benzene rings is 1. The number of alkyl halides is 2. The first-order valence-corrected chi connectivity index (χ1v) is 8.57. The molecule has 2 aromatic rings. The van der Waals surface area contributed by atoms with Crippen LogP contribution in [0.1, 0.15) is 29.7 Å². The van der Waals surface area contributed by atoms with Crippen LogP contribution in [0.4, 0.5) is 8.78 Å². The summed E-state index contributed by atoms with van der Waals surface area (Å²) in [5, 5.41) is 7.32. The summed E-state index contributed by atoms with van der Waals surface area (Å²) in [6.07, 6.45) is 4.68. The molecule has 0 bridgehead atoms. The number of aromatic nitrogens is 2. The van der Waals surface area contributed by atoms with Crippen LogP contribution in [-0.4, -0.2) is 41.4 Å². The van der Waals surface area contributed by atoms with Gasteiger partial charge in [-0.25, -0.2) is 0 Å². The van der Waals surface area contributed by atoms with Crippen LogP contribution in [0.2, 0.25) is 0 Å². The fourth-order valence-electron chi connectivity index (χ4n) is 3.82. The lowest BCUT2D eigenvalue weighted by Crippen LogP contribution is -2.46. The average molecular weight is 349 g/mol. The minimum Gasteiger partial charge on any atom is -0.435 e. The highest BCUT2D eigenvalue weighted by Gasteiger charge is 2.42. The Morgan fingerprint density at radius 1 is 1.24 bits per heavy atom. The van der Waals surface area contributed by atoms with Crippen molar-refractivity contribution in [1.82, 2.24) is 15.1 Å². The van der Waals surface area contributed by atoms with E-state index in [1.165, 1.54) is 5.56 Å². The van der Waals surface area contributed by atoms with E-state index in [0.717, 1.165) is 56.8 Å². The molecule has 1 N–H and O–H groups in total. The van der Waals surface area contributed by atoms with Gasteiger partial charge in [-0.15, -0.1) is 0 Å². The second-order valence-electron chi connectivity index (χ2n) is 6.66. The maximum atomic E-state index is 12.2. The SMILES string of the molecule is FC(F)Oc1ccc(CN2CCC3(CC2)OCCc2cn[nH]c23)cc1. The van der Waals surface area contributed by atoms with E-state index in [4.69, 9.17) is 4.74 Å². The molecule has 7 heteroatoms. The summed E-state index contributed by atoms with van der Waals surface area (Å²) in [5.74, 6) is 0.193. The highest BCUT2D eigenvalue weighted by molar-refractivity contribution is 5.28. The molecule has 0 unspecified atom stereocenters. The molecule has 0 amide bonds. The normalized spacial score (nSPS) is 20.0. The lowest BCUT2D eigenvalue weighted by Gasteiger charge is -2.43. The van der Waals surface area contributed by atoms with Crippen molar-refractivity contribution < 1.29 is 18.3 Å². The highest BCUT2D eigenvalue weighted by atomic mass is 19.3. The summed E-state index contributed by atoms with van der Waals surface area (Å²) in [6, 6.07) is 6.86. The van der Waals surface area contributed by atoms with E-state index in [2.05, 4.69) is 19.8 Å². The average Bonchev–Trinajstić information content (AvgIpc) is 3.09. The largest absolute Gasteiger partial charge is 0.435 e. The predicted molar refractivity (Wildman–Crippen MR) is 87.5 cm³/mol. The maximum absolute atomic E-state index is 12.2. The fraction of sp³-hybridized carbons (Fsp3) is 0.500. The number of hydrogen-bond acceptors (Lipinski definition) is 4. The van der Waals surface area contributed by atoms with Crippen molar-refractivity contribution in [2.45, 2.75) is 38.0 Å². The van der Waals surface area contributed by atoms with Crippen LogP contribution in [0.25, 0.3) is 0 Å². The zero-order valence-electron chi connectivity index (χ0n) is 13.9. The number of halogens is 2. The number of hydrogen-bond donors (Lipinski definition) is 1. The smallest absolute Gasteiger partial charge is 0.387 e. The van der Waals surface area contributed by atoms with E-state index in [-0.39, 0.29) is 11.4 Å². The Labute approximate surface area is 144 Å². The second-order valence-corrected chi connectivity index (χ2v) is 6.66. The third-order valence-electron chi connectivity index (χ3n) is 5.14. The van der Waals surface area contributed by atoms with Gasteiger partial charge in [-0.05, 0) is 42.5 Å². The number of rotatable bonds is 4. The van der Waals surface area contributed by atoms with Crippen molar-refractivity contribution in [3.05, 3.63) is 47.3 Å². The minimum atomic E-state index is -2.79. The topological polar surface area (TPSA) is 50.4 Å². The van der Waals surface area contributed by atoms with Crippen molar-refractivity contribution >= 4 is 0 Å². The second kappa shape index (κ2) is 6.72. The molecular formula is C18H21F2N3O2. The molecule has 0 saturated carbocycles. The van der Waals surface area contributed by atoms with Gasteiger partial charge in [-0.1, -0.05) is 12.1 Å². The van der Waals surface area contributed by atoms with Crippen molar-refractivity contribution in [1.29, 1.82) is 0 Å². The van der Waals surface area contributed by atoms with Gasteiger partial charge in [0.1, 0.15) is 11.4 Å². The zero-order valence-corrected chi connectivity index (χ0v) is 13.9. The Hall–Kier alpha value is -1.99. The summed E-state index contributed by atoms with van der Waals surface area (Å²) in [6.45, 7) is 0.604. The summed E-state index contributed by atoms with van der Waals surface area (Å²) in [5.41, 5.74) is 3.28. The predicted octanol–water partition coefficient (Wildman–Crippen LogP) is 3.08. The summed E-state index contributed by atoms with van der Waals surface area (Å²) in [4.78, 5) is 2.36. The first-order valence-electron chi connectivity index (χ1n) is 8.57. The summed E-state index contributed by atoms with van der Waals surface area (Å²) in [7, 11) is 0. The van der Waals surface area contributed by atoms with Gasteiger partial charge >= 0.3 is 6.61 Å². The fourth-order valence-corrected chi connectivity index (χ4v) is 3.82. The van der Waals surface area contributed by atoms with Crippen LogP contribution in [0.5, 0.6) is 5.75 Å². The van der Waals surface area contributed by atoms with Crippen molar-refractivity contribution in [3.63, 3.8) is 0 Å². The van der Waals surface area contributed by atoms with Gasteiger partial charge in [0.05, 0.1) is 18.5 Å². The molecule has 0 radical (unpaired) electrons. The molecule has 1 saturated heterocycles. The molecule has 134 valence electrons. The monoisotopic (exact) mass is 349 g/mol. The molecule has 0 atom stereocenters. The Bertz CT molecular complexity index is 709. The quantitative estimate of drug-likeness (QED) is 0.922. The molecule has 4 rings (SSSR count). The first-order chi connectivity index (χ1) is 12.1. The van der Waals surface area contributed by atoms with E-state index in [0.29, 0.717) is 0 Å². The standard InChI is InChI=1S/C18H21F2N3O2/c19-17(20)25-15-3-1-13(2-4-15)12-23-8-6-18(7-9-23)16-14(5-10-24-18)11-21-22-16/h1-4,11,17H,5-10,12H2,(H,21,22). The molecule has 1 aromatic heterocycles. The molecule has 3 heterocycles. The van der Waals surface area contributed by atoms with Crippen molar-refractivity contribution in [2.75, 3.05) is 19.7 Å². The number of likely N-dealkylation sites (tertiary alicyclic amines) is 1. The van der Waals surface area contributed by atoms with Crippen LogP contribution in [0.3, 0.4) is 0 Å². The lowest BCUT2D eigenvalue weighted by molar-refractivity contribution is -0.102. The van der Waals surface area contributed by atoms with Crippen molar-refractivity contribution in [3.8, 4) is 5.75 Å². The van der Waals surface area contributed by atoms with Crippen molar-refractivity contribution in [2.24, 2.45) is 0 Å². The number of aromatic amines is 1. The van der Waals surface area contributed by atoms with E-state index in [1.807, 2.05) is 18.3 Å². The number of H-pyrrole nitrogens is 1. The molecule has 1 spiro atoms. The van der Waals surface area contributed by atoms with Gasteiger partial charge in [0.15, 0.2) is 0 Å². The lowest BCUT2D eigenvalue weighted by atomic mass is 9.83. The molecule has 1 aromatic carbocycles. The van der Waals surface area contributed by atoms with Gasteiger partial charge in [0.25, 0.3) is 0 Å². The Morgan fingerprint density at radius 3 is 2.72 bits per heavy atom. The summed E-state index contributed by atoms with van der Waals surface area (Å²) >= 11 is 0. The van der Waals surface area contributed by atoms with E-state index < -0.39 is 6.61 Å². The van der Waals surface area contributed by atoms with Gasteiger partial charge in [-0.3, -0.25) is 10.00 Å². The number of nitrogens with zero attached hydrogens (tertiary/aromatic N) is 2. The molecule has 2 aliphatic rings. The van der Waals surface area contributed by atoms with Crippen LogP contribution in [-0.2, 0) is 23.3 Å². The highest BCUT2D eigenvalue weighted by Crippen LogP contribution is 2.40. The third-order valence-corrected chi connectivity index (χ3v) is 5.14. The Morgan fingerprint density at radius 2 is 2.00 bits per heavy atom. The van der Waals surface area contributed by atoms with Crippen LogP contribution < -0.4 is 4.74 Å². The van der Waals surface area contributed by atoms with Crippen LogP contribution in [0, 0.1) is 0 Å². The zero-order chi connectivity index (χ0) is 17.3. The maximum Gasteiger partial charge on any atom is 0.387 e. The van der Waals surface area contributed by atoms with E-state index in [9.17, 15) is 8.78 Å². The molecular weight excluding hydrogens is 328 g/mol. The van der Waals surface area contributed by atoms with Gasteiger partial charge in [0.2, 0.25) is 0 Å². The Balaban J connectivity index is 1.37. The van der Waals surface area contributed by atoms with Gasteiger partial charge in [0, 0.05) is 19.6 Å². The Kier molecular flexibility index (Phi) is 4.43. The first kappa shape index (κ1) is 16.5. The number of piperidine rings is 1. The van der Waals surface area contributed by atoms with Crippen LogP contribution in [0.15, 0.2) is 30.5 Å². The number of fused-ring (bicyclic) bond motifs is 2. The van der Waals surface area contributed by atoms with E-state index >= 15 is 0 Å². The summed E-state index contributed by atoms with van der Waals surface area (Å²) < 4.78 is 34.9. The number of ether oxygens (including phenoxy) is 2. The molecule has 5 nitrogen and oxygen atoms in total. The molecule has 25 heavy (non-hydrogen) atoms. The molecule has 2 aliphatic heterocycles. The molecule has 0 aliphatic carbocycles.